The molecule has 20 heavy (non-hydrogen) atoms. The van der Waals surface area contributed by atoms with Gasteiger partial charge in [0.25, 0.3) is 0 Å². The van der Waals surface area contributed by atoms with Crippen LogP contribution in [0.15, 0.2) is 53.1 Å². The van der Waals surface area contributed by atoms with Crippen LogP contribution in [0.3, 0.4) is 0 Å². The fraction of sp³-hybridized carbons (Fsp3) is 0.118. The lowest BCUT2D eigenvalue weighted by molar-refractivity contribution is 0.103. The molecule has 0 fully saturated rings. The van der Waals surface area contributed by atoms with E-state index in [1.807, 2.05) is 54.2 Å². The number of carbonyl (C=O) groups is 1. The minimum Gasteiger partial charge on any atom is -0.350 e. The minimum absolute atomic E-state index is 0.0481. The van der Waals surface area contributed by atoms with E-state index in [4.69, 9.17) is 0 Å². The van der Waals surface area contributed by atoms with Gasteiger partial charge < -0.3 is 4.57 Å². The van der Waals surface area contributed by atoms with Crippen LogP contribution in [0.4, 0.5) is 0 Å². The third-order valence-electron chi connectivity index (χ3n) is 3.51. The van der Waals surface area contributed by atoms with E-state index in [1.165, 1.54) is 5.56 Å². The first-order valence-electron chi connectivity index (χ1n) is 6.43. The smallest absolute Gasteiger partial charge is 0.196 e. The maximum atomic E-state index is 12.7. The lowest BCUT2D eigenvalue weighted by Gasteiger charge is -2.02. The quantitative estimate of drug-likeness (QED) is 0.636. The Kier molecular flexibility index (Phi) is 3.22. The van der Waals surface area contributed by atoms with Gasteiger partial charge in [0.1, 0.15) is 0 Å². The van der Waals surface area contributed by atoms with Gasteiger partial charge in [0.15, 0.2) is 5.78 Å². The van der Waals surface area contributed by atoms with E-state index in [2.05, 4.69) is 28.9 Å². The van der Waals surface area contributed by atoms with Crippen molar-refractivity contribution in [2.45, 2.75) is 6.92 Å². The van der Waals surface area contributed by atoms with Gasteiger partial charge in [0.2, 0.25) is 0 Å². The van der Waals surface area contributed by atoms with Crippen LogP contribution in [0.25, 0.3) is 10.9 Å². The molecule has 3 aromatic rings. The highest BCUT2D eigenvalue weighted by molar-refractivity contribution is 9.10. The summed E-state index contributed by atoms with van der Waals surface area (Å²) >= 11 is 3.45. The summed E-state index contributed by atoms with van der Waals surface area (Å²) in [4.78, 5) is 12.7. The zero-order valence-electron chi connectivity index (χ0n) is 11.4. The third-order valence-corrected chi connectivity index (χ3v) is 4.20. The van der Waals surface area contributed by atoms with Crippen LogP contribution in [0.2, 0.25) is 0 Å². The van der Waals surface area contributed by atoms with Crippen LogP contribution in [0.5, 0.6) is 0 Å². The van der Waals surface area contributed by atoms with E-state index in [9.17, 15) is 4.79 Å². The monoisotopic (exact) mass is 327 g/mol. The molecular weight excluding hydrogens is 314 g/mol. The van der Waals surface area contributed by atoms with Crippen molar-refractivity contribution < 1.29 is 4.79 Å². The maximum Gasteiger partial charge on any atom is 0.196 e. The van der Waals surface area contributed by atoms with Crippen molar-refractivity contribution in [3.8, 4) is 0 Å². The van der Waals surface area contributed by atoms with Gasteiger partial charge in [-0.25, -0.2) is 0 Å². The zero-order chi connectivity index (χ0) is 14.3. The van der Waals surface area contributed by atoms with Crippen LogP contribution in [-0.2, 0) is 7.05 Å². The molecule has 0 unspecified atom stereocenters. The van der Waals surface area contributed by atoms with Gasteiger partial charge in [-0.3, -0.25) is 4.79 Å². The summed E-state index contributed by atoms with van der Waals surface area (Å²) in [6.45, 7) is 2.06. The van der Waals surface area contributed by atoms with Gasteiger partial charge in [0, 0.05) is 39.7 Å². The van der Waals surface area contributed by atoms with Gasteiger partial charge in [-0.1, -0.05) is 40.2 Å². The number of carbonyl (C=O) groups excluding carboxylic acids is 1. The number of hydrogen-bond acceptors (Lipinski definition) is 1. The van der Waals surface area contributed by atoms with Crippen LogP contribution in [-0.4, -0.2) is 10.4 Å². The first-order valence-corrected chi connectivity index (χ1v) is 7.22. The Labute approximate surface area is 126 Å². The Morgan fingerprint density at radius 1 is 1.10 bits per heavy atom. The predicted octanol–water partition coefficient (Wildman–Crippen LogP) is 4.48. The largest absolute Gasteiger partial charge is 0.350 e. The lowest BCUT2D eigenvalue weighted by atomic mass is 10.0. The summed E-state index contributed by atoms with van der Waals surface area (Å²) in [6, 6.07) is 13.7. The first-order chi connectivity index (χ1) is 9.58. The highest BCUT2D eigenvalue weighted by atomic mass is 79.9. The second-order valence-corrected chi connectivity index (χ2v) is 5.84. The molecule has 0 radical (unpaired) electrons. The normalized spacial score (nSPS) is 10.9. The Morgan fingerprint density at radius 3 is 2.60 bits per heavy atom. The zero-order valence-corrected chi connectivity index (χ0v) is 12.9. The Hall–Kier alpha value is -1.87. The second-order valence-electron chi connectivity index (χ2n) is 4.98. The summed E-state index contributed by atoms with van der Waals surface area (Å²) in [7, 11) is 1.97. The van der Waals surface area contributed by atoms with Crippen molar-refractivity contribution in [2.24, 2.45) is 7.05 Å². The minimum atomic E-state index is 0.0481. The number of aromatic nitrogens is 1. The number of hydrogen-bond donors (Lipinski definition) is 0. The van der Waals surface area contributed by atoms with E-state index in [0.29, 0.717) is 5.56 Å². The van der Waals surface area contributed by atoms with E-state index >= 15 is 0 Å². The number of halogens is 1. The Bertz CT molecular complexity index is 817. The number of fused-ring (bicyclic) bond motifs is 1. The standard InChI is InChI=1S/C17H14BrNO/c1-11-7-8-12-14(10-19(2)16(12)9-11)17(20)13-5-3-4-6-15(13)18/h3-10H,1-2H3. The average Bonchev–Trinajstić information content (AvgIpc) is 2.76. The van der Waals surface area contributed by atoms with Crippen LogP contribution >= 0.6 is 15.9 Å². The SMILES string of the molecule is Cc1ccc2c(C(=O)c3ccccc3Br)cn(C)c2c1. The topological polar surface area (TPSA) is 22.0 Å². The molecule has 0 atom stereocenters. The summed E-state index contributed by atoms with van der Waals surface area (Å²) in [5, 5.41) is 0.999. The number of benzene rings is 2. The molecule has 0 aliphatic rings. The van der Waals surface area contributed by atoms with Crippen LogP contribution in [0, 0.1) is 6.92 Å². The predicted molar refractivity (Wildman–Crippen MR) is 85.2 cm³/mol. The summed E-state index contributed by atoms with van der Waals surface area (Å²) in [5.41, 5.74) is 3.72. The molecule has 0 aliphatic carbocycles. The molecule has 1 aromatic heterocycles. The number of aryl methyl sites for hydroxylation is 2. The van der Waals surface area contributed by atoms with Crippen molar-refractivity contribution in [3.05, 3.63) is 69.8 Å². The second kappa shape index (κ2) is 4.91. The maximum absolute atomic E-state index is 12.7. The number of nitrogens with zero attached hydrogens (tertiary/aromatic N) is 1. The van der Waals surface area contributed by atoms with Gasteiger partial charge >= 0.3 is 0 Å². The molecule has 0 amide bonds. The molecule has 0 saturated heterocycles. The molecule has 2 aromatic carbocycles. The van der Waals surface area contributed by atoms with Gasteiger partial charge in [-0.05, 0) is 30.7 Å². The Morgan fingerprint density at radius 2 is 1.85 bits per heavy atom. The summed E-state index contributed by atoms with van der Waals surface area (Å²) in [6.07, 6.45) is 1.91. The van der Waals surface area contributed by atoms with Crippen molar-refractivity contribution >= 4 is 32.6 Å². The van der Waals surface area contributed by atoms with E-state index in [0.717, 1.165) is 20.9 Å². The highest BCUT2D eigenvalue weighted by Gasteiger charge is 2.17. The van der Waals surface area contributed by atoms with Crippen molar-refractivity contribution in [2.75, 3.05) is 0 Å². The van der Waals surface area contributed by atoms with Gasteiger partial charge in [-0.2, -0.15) is 0 Å². The summed E-state index contributed by atoms with van der Waals surface area (Å²) < 4.78 is 2.83. The van der Waals surface area contributed by atoms with Crippen molar-refractivity contribution in [1.82, 2.24) is 4.57 Å². The molecule has 0 aliphatic heterocycles. The van der Waals surface area contributed by atoms with Crippen molar-refractivity contribution in [3.63, 3.8) is 0 Å². The third kappa shape index (κ3) is 2.08. The van der Waals surface area contributed by atoms with Crippen molar-refractivity contribution in [1.29, 1.82) is 0 Å². The molecule has 0 bridgehead atoms. The van der Waals surface area contributed by atoms with E-state index < -0.39 is 0 Å². The fourth-order valence-electron chi connectivity index (χ4n) is 2.47. The average molecular weight is 328 g/mol. The van der Waals surface area contributed by atoms with Gasteiger partial charge in [0.05, 0.1) is 0 Å². The molecule has 0 spiro atoms. The van der Waals surface area contributed by atoms with Crippen LogP contribution in [0.1, 0.15) is 21.5 Å². The molecule has 100 valence electrons. The fourth-order valence-corrected chi connectivity index (χ4v) is 2.93. The number of rotatable bonds is 2. The van der Waals surface area contributed by atoms with E-state index in [1.54, 1.807) is 0 Å². The summed E-state index contributed by atoms with van der Waals surface area (Å²) in [5.74, 6) is 0.0481. The molecule has 2 nitrogen and oxygen atoms in total. The molecule has 0 N–H and O–H groups in total. The van der Waals surface area contributed by atoms with Crippen LogP contribution < -0.4 is 0 Å². The highest BCUT2D eigenvalue weighted by Crippen LogP contribution is 2.26. The molecule has 1 heterocycles. The first kappa shape index (κ1) is 13.1. The van der Waals surface area contributed by atoms with Gasteiger partial charge in [-0.15, -0.1) is 0 Å². The van der Waals surface area contributed by atoms with E-state index in [-0.39, 0.29) is 5.78 Å². The molecule has 3 heteroatoms. The molecular formula is C17H14BrNO. The molecule has 0 saturated carbocycles. The molecule has 3 rings (SSSR count). The lowest BCUT2D eigenvalue weighted by Crippen LogP contribution is -2.01. The number of ketones is 1. The Balaban J connectivity index is 2.21.